The number of urea groups is 1. The van der Waals surface area contributed by atoms with Gasteiger partial charge < -0.3 is 30.4 Å². The Bertz CT molecular complexity index is 1460. The molecule has 206 valence electrons. The number of hydrogen-bond acceptors (Lipinski definition) is 6. The van der Waals surface area contributed by atoms with E-state index in [1.54, 1.807) is 30.3 Å². The van der Waals surface area contributed by atoms with Crippen LogP contribution in [0.2, 0.25) is 0 Å². The van der Waals surface area contributed by atoms with E-state index in [2.05, 4.69) is 31.4 Å². The van der Waals surface area contributed by atoms with E-state index in [9.17, 15) is 14.4 Å². The Labute approximate surface area is 227 Å². The van der Waals surface area contributed by atoms with Crippen molar-refractivity contribution in [3.8, 4) is 0 Å². The van der Waals surface area contributed by atoms with Gasteiger partial charge in [-0.05, 0) is 51.7 Å². The van der Waals surface area contributed by atoms with E-state index in [1.165, 1.54) is 0 Å². The first kappa shape index (κ1) is 27.6. The number of nitrogens with zero attached hydrogens (tertiary/aromatic N) is 2. The predicted octanol–water partition coefficient (Wildman–Crippen LogP) is 4.94. The molecule has 1 aliphatic rings. The highest BCUT2D eigenvalue weighted by Crippen LogP contribution is 2.36. The van der Waals surface area contributed by atoms with Gasteiger partial charge in [0.05, 0.1) is 16.9 Å². The van der Waals surface area contributed by atoms with E-state index >= 15 is 0 Å². The van der Waals surface area contributed by atoms with Crippen LogP contribution in [0.1, 0.15) is 55.5 Å². The van der Waals surface area contributed by atoms with Gasteiger partial charge in [0.25, 0.3) is 5.91 Å². The van der Waals surface area contributed by atoms with Gasteiger partial charge in [-0.1, -0.05) is 32.0 Å². The maximum Gasteiger partial charge on any atom is 0.324 e. The molecule has 0 aliphatic carbocycles. The summed E-state index contributed by atoms with van der Waals surface area (Å²) < 4.78 is 5.30. The maximum atomic E-state index is 12.8. The van der Waals surface area contributed by atoms with Crippen LogP contribution in [0.5, 0.6) is 0 Å². The maximum absolute atomic E-state index is 12.8. The second-order valence-electron chi connectivity index (χ2n) is 10.9. The zero-order valence-corrected chi connectivity index (χ0v) is 23.3. The number of aromatic amines is 1. The number of H-pyrrole nitrogens is 1. The molecule has 0 saturated heterocycles. The van der Waals surface area contributed by atoms with Crippen molar-refractivity contribution in [2.24, 2.45) is 0 Å². The van der Waals surface area contributed by atoms with E-state index in [1.807, 2.05) is 53.6 Å². The Morgan fingerprint density at radius 2 is 1.85 bits per heavy atom. The van der Waals surface area contributed by atoms with E-state index < -0.39 is 6.03 Å². The summed E-state index contributed by atoms with van der Waals surface area (Å²) in [5.41, 5.74) is 5.15. The lowest BCUT2D eigenvalue weighted by molar-refractivity contribution is -0.116. The topological polar surface area (TPSA) is 144 Å². The van der Waals surface area contributed by atoms with Crippen molar-refractivity contribution in [2.45, 2.75) is 46.5 Å². The Hall–Kier alpha value is -4.38. The fraction of sp³-hybridized carbons (Fsp3) is 0.357. The summed E-state index contributed by atoms with van der Waals surface area (Å²) in [6.45, 7) is 10.4. The van der Waals surface area contributed by atoms with Gasteiger partial charge in [0, 0.05) is 47.1 Å². The lowest BCUT2D eigenvalue weighted by atomic mass is 9.93. The standard InChI is InChI=1S/C28H35N7O4/c1-15-20(29-16(2)25(15)33-24(36)10-11-35(6)7)13-19-18-9-8-17(12-21(18)31-26(19)37)30-27(38)32-23-14-22(39-34-23)28(3,4)5/h8-9,12-14,29H,10-11H2,1-7H3,(H,31,37)(H,33,36)(H2,30,32,34,38). The Morgan fingerprint density at radius 1 is 1.10 bits per heavy atom. The molecule has 0 fully saturated rings. The van der Waals surface area contributed by atoms with Crippen molar-refractivity contribution in [2.75, 3.05) is 41.9 Å². The normalized spacial score (nSPS) is 13.9. The van der Waals surface area contributed by atoms with Crippen LogP contribution in [-0.2, 0) is 15.0 Å². The lowest BCUT2D eigenvalue weighted by Gasteiger charge is -2.12. The molecule has 5 N–H and O–H groups in total. The molecule has 0 atom stereocenters. The number of benzene rings is 1. The minimum atomic E-state index is -0.485. The van der Waals surface area contributed by atoms with Crippen molar-refractivity contribution in [1.29, 1.82) is 0 Å². The van der Waals surface area contributed by atoms with Crippen molar-refractivity contribution in [1.82, 2.24) is 15.0 Å². The van der Waals surface area contributed by atoms with Gasteiger partial charge in [0.1, 0.15) is 5.76 Å². The van der Waals surface area contributed by atoms with Gasteiger partial charge in [0.2, 0.25) is 5.91 Å². The summed E-state index contributed by atoms with van der Waals surface area (Å²) in [4.78, 5) is 42.9. The molecule has 4 rings (SSSR count). The first-order chi connectivity index (χ1) is 18.3. The van der Waals surface area contributed by atoms with Crippen LogP contribution < -0.4 is 21.3 Å². The summed E-state index contributed by atoms with van der Waals surface area (Å²) >= 11 is 0. The fourth-order valence-electron chi connectivity index (χ4n) is 4.16. The number of aryl methyl sites for hydroxylation is 1. The number of fused-ring (bicyclic) bond motifs is 1. The predicted molar refractivity (Wildman–Crippen MR) is 153 cm³/mol. The number of amides is 4. The van der Waals surface area contributed by atoms with Crippen LogP contribution in [-0.4, -0.2) is 53.5 Å². The average molecular weight is 534 g/mol. The summed E-state index contributed by atoms with van der Waals surface area (Å²) in [6.07, 6.45) is 2.16. The molecule has 2 aromatic heterocycles. The number of carbonyl (C=O) groups is 3. The SMILES string of the molecule is Cc1[nH]c(C=C2C(=O)Nc3cc(NC(=O)Nc4cc(C(C)(C)C)on4)ccc32)c(C)c1NC(=O)CCN(C)C. The van der Waals surface area contributed by atoms with Crippen LogP contribution >= 0.6 is 0 Å². The second kappa shape index (κ2) is 10.8. The van der Waals surface area contributed by atoms with E-state index in [4.69, 9.17) is 4.52 Å². The lowest BCUT2D eigenvalue weighted by Crippen LogP contribution is -2.21. The molecule has 0 radical (unpaired) electrons. The number of rotatable bonds is 7. The molecule has 3 aromatic rings. The molecule has 0 unspecified atom stereocenters. The van der Waals surface area contributed by atoms with Gasteiger partial charge in [-0.15, -0.1) is 0 Å². The summed E-state index contributed by atoms with van der Waals surface area (Å²) in [5, 5.41) is 15.1. The molecule has 39 heavy (non-hydrogen) atoms. The summed E-state index contributed by atoms with van der Waals surface area (Å²) in [7, 11) is 3.84. The van der Waals surface area contributed by atoms with E-state index in [-0.39, 0.29) is 17.2 Å². The van der Waals surface area contributed by atoms with Gasteiger partial charge in [-0.2, -0.15) is 0 Å². The monoisotopic (exact) mass is 533 g/mol. The molecule has 1 aliphatic heterocycles. The third kappa shape index (κ3) is 6.37. The Morgan fingerprint density at radius 3 is 2.51 bits per heavy atom. The highest BCUT2D eigenvalue weighted by atomic mass is 16.5. The smallest absolute Gasteiger partial charge is 0.324 e. The number of hydrogen-bond donors (Lipinski definition) is 5. The minimum Gasteiger partial charge on any atom is -0.359 e. The molecule has 0 bridgehead atoms. The Balaban J connectivity index is 1.48. The number of carbonyl (C=O) groups excluding carboxylic acids is 3. The van der Waals surface area contributed by atoms with E-state index in [0.29, 0.717) is 47.1 Å². The number of nitrogens with one attached hydrogen (secondary N) is 5. The van der Waals surface area contributed by atoms with Crippen LogP contribution in [0.4, 0.5) is 27.7 Å². The molecule has 0 spiro atoms. The van der Waals surface area contributed by atoms with Crippen molar-refractivity contribution < 1.29 is 18.9 Å². The molecule has 4 amide bonds. The van der Waals surface area contributed by atoms with Crippen LogP contribution in [0, 0.1) is 13.8 Å². The molecular formula is C28H35N7O4. The average Bonchev–Trinajstić information content (AvgIpc) is 3.50. The van der Waals surface area contributed by atoms with Crippen molar-refractivity contribution in [3.63, 3.8) is 0 Å². The van der Waals surface area contributed by atoms with Crippen LogP contribution in [0.3, 0.4) is 0 Å². The van der Waals surface area contributed by atoms with Crippen molar-refractivity contribution in [3.05, 3.63) is 52.5 Å². The molecular weight excluding hydrogens is 498 g/mol. The van der Waals surface area contributed by atoms with Gasteiger partial charge >= 0.3 is 6.03 Å². The largest absolute Gasteiger partial charge is 0.359 e. The number of anilines is 4. The minimum absolute atomic E-state index is 0.0701. The molecule has 3 heterocycles. The third-order valence-electron chi connectivity index (χ3n) is 6.37. The second-order valence-corrected chi connectivity index (χ2v) is 10.9. The summed E-state index contributed by atoms with van der Waals surface area (Å²) in [6, 6.07) is 6.39. The molecule has 0 saturated carbocycles. The Kier molecular flexibility index (Phi) is 7.64. The first-order valence-electron chi connectivity index (χ1n) is 12.7. The zero-order chi connectivity index (χ0) is 28.5. The fourth-order valence-corrected chi connectivity index (χ4v) is 4.16. The van der Waals surface area contributed by atoms with Gasteiger partial charge in [0.15, 0.2) is 5.82 Å². The molecule has 11 nitrogen and oxygen atoms in total. The van der Waals surface area contributed by atoms with E-state index in [0.717, 1.165) is 22.6 Å². The van der Waals surface area contributed by atoms with Crippen molar-refractivity contribution >= 4 is 52.4 Å². The van der Waals surface area contributed by atoms with Gasteiger partial charge in [-0.25, -0.2) is 4.79 Å². The number of aromatic nitrogens is 2. The molecule has 1 aromatic carbocycles. The quantitative estimate of drug-likeness (QED) is 0.272. The highest BCUT2D eigenvalue weighted by molar-refractivity contribution is 6.35. The summed E-state index contributed by atoms with van der Waals surface area (Å²) in [5.74, 6) is 0.636. The zero-order valence-electron chi connectivity index (χ0n) is 23.3. The third-order valence-corrected chi connectivity index (χ3v) is 6.37. The van der Waals surface area contributed by atoms with Gasteiger partial charge in [-0.3, -0.25) is 14.9 Å². The highest BCUT2D eigenvalue weighted by Gasteiger charge is 2.26. The van der Waals surface area contributed by atoms with Crippen LogP contribution in [0.25, 0.3) is 11.6 Å². The van der Waals surface area contributed by atoms with Crippen LogP contribution in [0.15, 0.2) is 28.8 Å². The molecule has 11 heteroatoms. The first-order valence-corrected chi connectivity index (χ1v) is 12.7.